The molecule has 2 radical (unpaired) electrons. The monoisotopic (exact) mass is 226 g/mol. The van der Waals surface area contributed by atoms with Crippen LogP contribution in [0, 0.1) is 0 Å². The van der Waals surface area contributed by atoms with Gasteiger partial charge in [0.25, 0.3) is 0 Å². The topological polar surface area (TPSA) is 0 Å². The number of rotatable bonds is 1. The summed E-state index contributed by atoms with van der Waals surface area (Å²) in [6.07, 6.45) is 1.16. The summed E-state index contributed by atoms with van der Waals surface area (Å²) in [7, 11) is 0. The molecule has 0 N–H and O–H groups in total. The Morgan fingerprint density at radius 2 is 2.22 bits per heavy atom. The summed E-state index contributed by atoms with van der Waals surface area (Å²) in [6, 6.07) is 8.78. The van der Waals surface area contributed by atoms with Crippen molar-refractivity contribution in [1.29, 1.82) is 0 Å². The maximum absolute atomic E-state index is 2.28. The SMILES string of the molecule is CCc1ccc[c]([SnH])c1. The summed E-state index contributed by atoms with van der Waals surface area (Å²) in [4.78, 5) is 0. The molecule has 0 unspecified atom stereocenters. The third-order valence-corrected chi connectivity index (χ3v) is 2.38. The minimum absolute atomic E-state index is 1.16. The van der Waals surface area contributed by atoms with Gasteiger partial charge in [-0.05, 0) is 0 Å². The Labute approximate surface area is 69.4 Å². The Bertz CT molecular complexity index is 194. The average Bonchev–Trinajstić information content (AvgIpc) is 1.88. The van der Waals surface area contributed by atoms with Gasteiger partial charge >= 0.3 is 69.3 Å². The first-order valence-electron chi connectivity index (χ1n) is 3.17. The fourth-order valence-electron chi connectivity index (χ4n) is 0.813. The Morgan fingerprint density at radius 1 is 1.44 bits per heavy atom. The number of aryl methyl sites for hydroxylation is 1. The van der Waals surface area contributed by atoms with Crippen LogP contribution >= 0.6 is 0 Å². The van der Waals surface area contributed by atoms with Crippen molar-refractivity contribution in [2.75, 3.05) is 0 Å². The first kappa shape index (κ1) is 7.13. The molecular formula is C8H10Sn. The van der Waals surface area contributed by atoms with Crippen LogP contribution in [-0.4, -0.2) is 22.5 Å². The molecule has 0 heterocycles. The van der Waals surface area contributed by atoms with E-state index in [1.54, 1.807) is 0 Å². The summed E-state index contributed by atoms with van der Waals surface area (Å²) in [5.74, 6) is 0. The van der Waals surface area contributed by atoms with Gasteiger partial charge in [0.15, 0.2) is 0 Å². The van der Waals surface area contributed by atoms with E-state index in [1.165, 1.54) is 31.7 Å². The second-order valence-corrected chi connectivity index (χ2v) is 4.00. The van der Waals surface area contributed by atoms with Crippen molar-refractivity contribution in [3.05, 3.63) is 29.8 Å². The minimum atomic E-state index is 1.16. The quantitative estimate of drug-likeness (QED) is 0.619. The summed E-state index contributed by atoms with van der Waals surface area (Å²) in [6.45, 7) is 2.19. The molecule has 0 aliphatic heterocycles. The Hall–Kier alpha value is 0.0187. The first-order valence-corrected chi connectivity index (χ1v) is 4.82. The molecule has 1 aromatic rings. The van der Waals surface area contributed by atoms with E-state index in [-0.39, 0.29) is 0 Å². The molecule has 1 rings (SSSR count). The van der Waals surface area contributed by atoms with Crippen LogP contribution in [0.5, 0.6) is 0 Å². The Morgan fingerprint density at radius 3 is 2.67 bits per heavy atom. The van der Waals surface area contributed by atoms with Crippen LogP contribution in [0.1, 0.15) is 12.5 Å². The standard InChI is InChI=1S/C8H9.Sn.H/c1-2-8-6-4-3-5-7-8;;/h3-4,6-7H,2H2,1H3;;. The average molecular weight is 225 g/mol. The molecule has 0 aliphatic carbocycles. The molecule has 0 nitrogen and oxygen atoms in total. The van der Waals surface area contributed by atoms with E-state index < -0.39 is 0 Å². The van der Waals surface area contributed by atoms with Crippen molar-refractivity contribution in [2.45, 2.75) is 13.3 Å². The van der Waals surface area contributed by atoms with E-state index in [1.807, 2.05) is 0 Å². The van der Waals surface area contributed by atoms with Crippen molar-refractivity contribution in [2.24, 2.45) is 0 Å². The molecule has 9 heavy (non-hydrogen) atoms. The molecule has 0 aromatic heterocycles. The van der Waals surface area contributed by atoms with Gasteiger partial charge < -0.3 is 0 Å². The fourth-order valence-corrected chi connectivity index (χ4v) is 1.74. The summed E-state index contributed by atoms with van der Waals surface area (Å²) in [5.41, 5.74) is 1.46. The molecule has 0 spiro atoms. The van der Waals surface area contributed by atoms with Crippen LogP contribution in [0.3, 0.4) is 0 Å². The van der Waals surface area contributed by atoms with Gasteiger partial charge in [0.05, 0.1) is 0 Å². The zero-order valence-corrected chi connectivity index (χ0v) is 8.89. The van der Waals surface area contributed by atoms with E-state index in [4.69, 9.17) is 0 Å². The van der Waals surface area contributed by atoms with Crippen molar-refractivity contribution in [3.8, 4) is 0 Å². The third-order valence-electron chi connectivity index (χ3n) is 1.36. The second-order valence-electron chi connectivity index (χ2n) is 2.10. The van der Waals surface area contributed by atoms with E-state index in [0.29, 0.717) is 0 Å². The van der Waals surface area contributed by atoms with Crippen LogP contribution < -0.4 is 3.58 Å². The van der Waals surface area contributed by atoms with Crippen LogP contribution in [0.2, 0.25) is 0 Å². The zero-order chi connectivity index (χ0) is 6.69. The predicted molar refractivity (Wildman–Crippen MR) is 42.6 cm³/mol. The van der Waals surface area contributed by atoms with Gasteiger partial charge in [-0.2, -0.15) is 0 Å². The summed E-state index contributed by atoms with van der Waals surface area (Å²) < 4.78 is 1.49. The van der Waals surface area contributed by atoms with Gasteiger partial charge in [-0.3, -0.25) is 0 Å². The van der Waals surface area contributed by atoms with E-state index in [0.717, 1.165) is 6.42 Å². The molecule has 0 bridgehead atoms. The van der Waals surface area contributed by atoms with Gasteiger partial charge in [-0.1, -0.05) is 0 Å². The van der Waals surface area contributed by atoms with E-state index in [2.05, 4.69) is 31.2 Å². The maximum atomic E-state index is 2.28. The van der Waals surface area contributed by atoms with Gasteiger partial charge in [0.2, 0.25) is 0 Å². The summed E-state index contributed by atoms with van der Waals surface area (Å²) >= 11 is 1.24. The molecule has 0 saturated heterocycles. The molecule has 0 saturated carbocycles. The van der Waals surface area contributed by atoms with Gasteiger partial charge in [0, 0.05) is 0 Å². The molecule has 1 aromatic carbocycles. The predicted octanol–water partition coefficient (Wildman–Crippen LogP) is 0.775. The zero-order valence-electron chi connectivity index (χ0n) is 5.59. The van der Waals surface area contributed by atoms with Gasteiger partial charge in [-0.15, -0.1) is 0 Å². The number of hydrogen-bond acceptors (Lipinski definition) is 0. The van der Waals surface area contributed by atoms with E-state index >= 15 is 0 Å². The van der Waals surface area contributed by atoms with Crippen LogP contribution in [0.4, 0.5) is 0 Å². The van der Waals surface area contributed by atoms with Crippen molar-refractivity contribution in [3.63, 3.8) is 0 Å². The molecule has 0 fully saturated rings. The molecular weight excluding hydrogens is 215 g/mol. The Balaban J connectivity index is 2.94. The van der Waals surface area contributed by atoms with Crippen LogP contribution in [0.25, 0.3) is 0 Å². The third kappa shape index (κ3) is 2.01. The first-order chi connectivity index (χ1) is 4.33. The van der Waals surface area contributed by atoms with Crippen molar-refractivity contribution >= 4 is 26.1 Å². The summed E-state index contributed by atoms with van der Waals surface area (Å²) in [5, 5.41) is 0. The normalized spacial score (nSPS) is 9.56. The molecule has 0 aliphatic rings. The van der Waals surface area contributed by atoms with Gasteiger partial charge in [-0.25, -0.2) is 0 Å². The van der Waals surface area contributed by atoms with Crippen LogP contribution in [0.15, 0.2) is 24.3 Å². The Kier molecular flexibility index (Phi) is 2.58. The number of hydrogen-bond donors (Lipinski definition) is 0. The molecule has 46 valence electrons. The second kappa shape index (κ2) is 3.25. The van der Waals surface area contributed by atoms with Crippen molar-refractivity contribution in [1.82, 2.24) is 0 Å². The fraction of sp³-hybridized carbons (Fsp3) is 0.250. The van der Waals surface area contributed by atoms with E-state index in [9.17, 15) is 0 Å². The van der Waals surface area contributed by atoms with Gasteiger partial charge in [0.1, 0.15) is 0 Å². The molecule has 0 amide bonds. The molecule has 1 heteroatoms. The molecule has 0 atom stereocenters. The van der Waals surface area contributed by atoms with Crippen LogP contribution in [-0.2, 0) is 6.42 Å². The number of benzene rings is 1. The van der Waals surface area contributed by atoms with Crippen molar-refractivity contribution < 1.29 is 0 Å².